The van der Waals surface area contributed by atoms with Gasteiger partial charge >= 0.3 is 5.97 Å². The molecule has 2 aromatic rings. The molecule has 0 heterocycles. The van der Waals surface area contributed by atoms with Gasteiger partial charge in [0.05, 0.1) is 21.1 Å². The highest BCUT2D eigenvalue weighted by Crippen LogP contribution is 2.45. The lowest BCUT2D eigenvalue weighted by atomic mass is 9.91. The average molecular weight is 415 g/mol. The Balaban J connectivity index is 2.56. The molecule has 0 aliphatic heterocycles. The first-order chi connectivity index (χ1) is 13.5. The molecule has 0 fully saturated rings. The van der Waals surface area contributed by atoms with E-state index in [2.05, 4.69) is 53.7 Å². The highest BCUT2D eigenvalue weighted by Gasteiger charge is 2.42. The van der Waals surface area contributed by atoms with E-state index in [4.69, 9.17) is 4.74 Å². The van der Waals surface area contributed by atoms with E-state index in [0.717, 1.165) is 28.5 Å². The Morgan fingerprint density at radius 2 is 1.52 bits per heavy atom. The molecule has 1 atom stereocenters. The van der Waals surface area contributed by atoms with Crippen molar-refractivity contribution in [2.75, 3.05) is 7.11 Å². The molecule has 2 rings (SSSR count). The maximum atomic E-state index is 11.8. The Hall–Kier alpha value is -1.81. The molecular weight excluding hydrogens is 376 g/mol. The van der Waals surface area contributed by atoms with Gasteiger partial charge in [0.15, 0.2) is 0 Å². The van der Waals surface area contributed by atoms with E-state index in [-0.39, 0.29) is 0 Å². The van der Waals surface area contributed by atoms with Crippen LogP contribution in [0.4, 0.5) is 0 Å². The summed E-state index contributed by atoms with van der Waals surface area (Å²) in [7, 11) is 0.125. The molecule has 1 unspecified atom stereocenters. The Kier molecular flexibility index (Phi) is 7.55. The van der Waals surface area contributed by atoms with Crippen molar-refractivity contribution < 1.29 is 14.6 Å². The van der Waals surface area contributed by atoms with Crippen molar-refractivity contribution in [2.24, 2.45) is 0 Å². The van der Waals surface area contributed by atoms with Gasteiger partial charge in [-0.1, -0.05) is 82.4 Å². The van der Waals surface area contributed by atoms with Gasteiger partial charge in [-0.3, -0.25) is 4.79 Å². The number of aliphatic carboxylic acids is 1. The zero-order valence-electron chi connectivity index (χ0n) is 19.4. The highest BCUT2D eigenvalue weighted by molar-refractivity contribution is 6.83. The summed E-state index contributed by atoms with van der Waals surface area (Å²) in [5.41, 5.74) is 4.23. The van der Waals surface area contributed by atoms with Crippen LogP contribution in [0, 0.1) is 0 Å². The van der Waals surface area contributed by atoms with Crippen LogP contribution in [0.25, 0.3) is 10.8 Å². The zero-order chi connectivity index (χ0) is 21.9. The number of ether oxygens (including phenoxy) is 1. The molecule has 29 heavy (non-hydrogen) atoms. The van der Waals surface area contributed by atoms with Crippen LogP contribution in [0.1, 0.15) is 65.5 Å². The third-order valence-electron chi connectivity index (χ3n) is 7.19. The summed E-state index contributed by atoms with van der Waals surface area (Å²) in [5, 5.41) is 11.9. The lowest BCUT2D eigenvalue weighted by Crippen LogP contribution is -2.44. The Morgan fingerprint density at radius 1 is 0.931 bits per heavy atom. The van der Waals surface area contributed by atoms with Gasteiger partial charge in [-0.25, -0.2) is 0 Å². The number of aryl methyl sites for hydroxylation is 1. The first-order valence-electron chi connectivity index (χ1n) is 10.9. The van der Waals surface area contributed by atoms with Gasteiger partial charge in [0, 0.05) is 0 Å². The molecule has 0 amide bonds. The third-order valence-corrected chi connectivity index (χ3v) is 14.8. The molecule has 4 heteroatoms. The van der Waals surface area contributed by atoms with Crippen LogP contribution >= 0.6 is 0 Å². The first-order valence-corrected chi connectivity index (χ1v) is 13.3. The van der Waals surface area contributed by atoms with Crippen molar-refractivity contribution >= 4 is 24.8 Å². The standard InChI is InChI=1S/C25H38O3Si/c1-16(2)29(17(3)4,18(5)6)12-11-21-13-22-14-23(28-8)10-9-20(22)15-24(21)19(7)25(26)27/h9-10,13-19H,11-12H2,1-8H3,(H,26,27). The van der Waals surface area contributed by atoms with Gasteiger partial charge in [-0.2, -0.15) is 0 Å². The van der Waals surface area contributed by atoms with Crippen LogP contribution in [0.5, 0.6) is 5.75 Å². The molecule has 0 spiro atoms. The summed E-state index contributed by atoms with van der Waals surface area (Å²) in [5.74, 6) is -0.443. The maximum absolute atomic E-state index is 11.8. The quantitative estimate of drug-likeness (QED) is 0.439. The van der Waals surface area contributed by atoms with E-state index in [1.54, 1.807) is 14.0 Å². The van der Waals surface area contributed by atoms with Crippen LogP contribution < -0.4 is 4.74 Å². The van der Waals surface area contributed by atoms with Crippen LogP contribution in [0.15, 0.2) is 30.3 Å². The molecule has 0 saturated heterocycles. The molecule has 0 aliphatic rings. The second-order valence-corrected chi connectivity index (χ2v) is 15.6. The van der Waals surface area contributed by atoms with E-state index in [9.17, 15) is 9.90 Å². The number of benzene rings is 2. The highest BCUT2D eigenvalue weighted by atomic mass is 28.3. The van der Waals surface area contributed by atoms with Crippen molar-refractivity contribution in [3.05, 3.63) is 41.5 Å². The predicted octanol–water partition coefficient (Wildman–Crippen LogP) is 7.26. The molecule has 1 N–H and O–H groups in total. The van der Waals surface area contributed by atoms with Crippen LogP contribution in [0.2, 0.25) is 22.7 Å². The minimum atomic E-state index is -1.55. The average Bonchev–Trinajstić information content (AvgIpc) is 2.65. The number of methoxy groups -OCH3 is 1. The minimum absolute atomic E-state index is 0.510. The number of carbonyl (C=O) groups is 1. The van der Waals surface area contributed by atoms with E-state index in [0.29, 0.717) is 16.6 Å². The summed E-state index contributed by atoms with van der Waals surface area (Å²) < 4.78 is 5.40. The van der Waals surface area contributed by atoms with Crippen LogP contribution in [-0.4, -0.2) is 26.3 Å². The first kappa shape index (κ1) is 23.5. The number of hydrogen-bond acceptors (Lipinski definition) is 2. The zero-order valence-corrected chi connectivity index (χ0v) is 20.4. The van der Waals surface area contributed by atoms with Crippen LogP contribution in [0.3, 0.4) is 0 Å². The number of hydrogen-bond donors (Lipinski definition) is 1. The SMILES string of the molecule is COc1ccc2cc(C(C)C(=O)O)c(CC[Si](C(C)C)(C(C)C)C(C)C)cc2c1. The summed E-state index contributed by atoms with van der Waals surface area (Å²) in [6, 6.07) is 11.5. The molecule has 0 aliphatic carbocycles. The van der Waals surface area contributed by atoms with E-state index in [1.807, 2.05) is 18.2 Å². The molecule has 3 nitrogen and oxygen atoms in total. The van der Waals surface area contributed by atoms with Crippen LogP contribution in [-0.2, 0) is 11.2 Å². The van der Waals surface area contributed by atoms with Crippen molar-refractivity contribution in [3.63, 3.8) is 0 Å². The lowest BCUT2D eigenvalue weighted by molar-refractivity contribution is -0.138. The maximum Gasteiger partial charge on any atom is 0.310 e. The molecule has 0 radical (unpaired) electrons. The van der Waals surface area contributed by atoms with E-state index >= 15 is 0 Å². The number of carboxylic acids is 1. The largest absolute Gasteiger partial charge is 0.497 e. The molecule has 2 aromatic carbocycles. The molecule has 160 valence electrons. The van der Waals surface area contributed by atoms with Crippen molar-refractivity contribution in [1.82, 2.24) is 0 Å². The fourth-order valence-electron chi connectivity index (χ4n) is 5.44. The normalized spacial score (nSPS) is 13.5. The second kappa shape index (κ2) is 9.33. The summed E-state index contributed by atoms with van der Waals surface area (Å²) >= 11 is 0. The monoisotopic (exact) mass is 414 g/mol. The van der Waals surface area contributed by atoms with Gasteiger partial charge in [0.25, 0.3) is 0 Å². The topological polar surface area (TPSA) is 46.5 Å². The third kappa shape index (κ3) is 4.68. The number of rotatable bonds is 9. The van der Waals surface area contributed by atoms with Gasteiger partial charge < -0.3 is 9.84 Å². The molecule has 0 bridgehead atoms. The Labute approximate surface area is 177 Å². The van der Waals surface area contributed by atoms with Crippen molar-refractivity contribution in [2.45, 2.75) is 83.5 Å². The fourth-order valence-corrected chi connectivity index (χ4v) is 11.9. The predicted molar refractivity (Wildman–Crippen MR) is 126 cm³/mol. The second-order valence-electron chi connectivity index (χ2n) is 9.40. The van der Waals surface area contributed by atoms with Crippen molar-refractivity contribution in [1.29, 1.82) is 0 Å². The summed E-state index contributed by atoms with van der Waals surface area (Å²) in [4.78, 5) is 11.8. The van der Waals surface area contributed by atoms with Gasteiger partial charge in [-0.05, 0) is 47.4 Å². The number of carboxylic acid groups (broad SMARTS) is 1. The van der Waals surface area contributed by atoms with Gasteiger partial charge in [0.2, 0.25) is 0 Å². The van der Waals surface area contributed by atoms with Gasteiger partial charge in [-0.15, -0.1) is 0 Å². The number of fused-ring (bicyclic) bond motifs is 1. The fraction of sp³-hybridized carbons (Fsp3) is 0.560. The lowest BCUT2D eigenvalue weighted by Gasteiger charge is -2.43. The van der Waals surface area contributed by atoms with E-state index in [1.165, 1.54) is 11.6 Å². The van der Waals surface area contributed by atoms with E-state index < -0.39 is 20.0 Å². The summed E-state index contributed by atoms with van der Waals surface area (Å²) in [6.07, 6.45) is 0.945. The molecular formula is C25H38O3Si. The minimum Gasteiger partial charge on any atom is -0.497 e. The Morgan fingerprint density at radius 3 is 2.00 bits per heavy atom. The Bertz CT molecular complexity index is 833. The smallest absolute Gasteiger partial charge is 0.310 e. The summed E-state index contributed by atoms with van der Waals surface area (Å²) in [6.45, 7) is 16.1. The molecule has 0 saturated carbocycles. The molecule has 0 aromatic heterocycles. The van der Waals surface area contributed by atoms with Gasteiger partial charge in [0.1, 0.15) is 5.75 Å². The van der Waals surface area contributed by atoms with Crippen molar-refractivity contribution in [3.8, 4) is 5.75 Å².